The fraction of sp³-hybridized carbons (Fsp3) is 0.208. The number of alkyl halides is 3. The quantitative estimate of drug-likeness (QED) is 0.478. The largest absolute Gasteiger partial charge is 0.484 e. The van der Waals surface area contributed by atoms with Gasteiger partial charge in [0.2, 0.25) is 0 Å². The van der Waals surface area contributed by atoms with Gasteiger partial charge < -0.3 is 9.64 Å². The molecule has 4 rings (SSSR count). The summed E-state index contributed by atoms with van der Waals surface area (Å²) in [7, 11) is -4.07. The van der Waals surface area contributed by atoms with Crippen LogP contribution >= 0.6 is 0 Å². The van der Waals surface area contributed by atoms with Crippen LogP contribution in [0.2, 0.25) is 0 Å². The summed E-state index contributed by atoms with van der Waals surface area (Å²) in [6, 6.07) is 16.8. The molecule has 0 aliphatic carbocycles. The van der Waals surface area contributed by atoms with Crippen molar-refractivity contribution in [3.8, 4) is 5.75 Å². The van der Waals surface area contributed by atoms with Gasteiger partial charge in [0.25, 0.3) is 16.0 Å². The monoisotopic (exact) mass is 491 g/mol. The van der Waals surface area contributed by atoms with E-state index in [9.17, 15) is 26.4 Å². The summed E-state index contributed by atoms with van der Waals surface area (Å²) < 4.78 is 75.4. The summed E-state index contributed by atoms with van der Waals surface area (Å²) in [4.78, 5) is 14.4. The maximum atomic E-state index is 13.2. The highest BCUT2D eigenvalue weighted by Crippen LogP contribution is 2.35. The Bertz CT molecular complexity index is 1310. The molecular weight excluding hydrogens is 471 g/mol. The van der Waals surface area contributed by atoms with Crippen LogP contribution in [-0.4, -0.2) is 33.6 Å². The molecule has 0 N–H and O–H groups in total. The van der Waals surface area contributed by atoms with E-state index in [-0.39, 0.29) is 22.8 Å². The molecule has 0 aromatic heterocycles. The number of fused-ring (bicyclic) bond motifs is 1. The first kappa shape index (κ1) is 23.8. The Labute approximate surface area is 194 Å². The molecule has 1 amide bonds. The summed E-state index contributed by atoms with van der Waals surface area (Å²) in [5, 5.41) is 0. The lowest BCUT2D eigenvalue weighted by molar-refractivity contribution is -0.137. The van der Waals surface area contributed by atoms with Crippen LogP contribution in [0.1, 0.15) is 21.5 Å². The van der Waals surface area contributed by atoms with Gasteiger partial charge in [-0.2, -0.15) is 21.6 Å². The van der Waals surface area contributed by atoms with Crippen LogP contribution < -0.4 is 9.64 Å². The predicted molar refractivity (Wildman–Crippen MR) is 118 cm³/mol. The molecule has 0 radical (unpaired) electrons. The molecule has 10 heteroatoms. The molecule has 0 spiro atoms. The van der Waals surface area contributed by atoms with Crippen LogP contribution in [0.25, 0.3) is 0 Å². The number of anilines is 1. The second kappa shape index (κ2) is 9.11. The number of rotatable bonds is 5. The Kier molecular flexibility index (Phi) is 6.37. The third kappa shape index (κ3) is 5.07. The summed E-state index contributed by atoms with van der Waals surface area (Å²) in [5.41, 5.74) is 0.153. The topological polar surface area (TPSA) is 72.9 Å². The zero-order valence-corrected chi connectivity index (χ0v) is 18.8. The molecule has 3 aromatic carbocycles. The lowest BCUT2D eigenvalue weighted by Gasteiger charge is -2.34. The molecule has 0 saturated heterocycles. The van der Waals surface area contributed by atoms with Gasteiger partial charge in [0.1, 0.15) is 18.5 Å². The van der Waals surface area contributed by atoms with Gasteiger partial charge in [-0.25, -0.2) is 0 Å². The number of amides is 1. The SMILES string of the molecule is Cc1ccc(S(=O)(=O)OCC2CN(C(=O)c3cccc(C(F)(F)F)c3)c3ccccc3O2)cc1. The molecule has 0 bridgehead atoms. The number of aryl methyl sites for hydroxylation is 1. The van der Waals surface area contributed by atoms with Gasteiger partial charge in [0, 0.05) is 5.56 Å². The smallest absolute Gasteiger partial charge is 0.416 e. The number of ether oxygens (including phenoxy) is 1. The molecule has 6 nitrogen and oxygen atoms in total. The van der Waals surface area contributed by atoms with E-state index in [1.54, 1.807) is 36.4 Å². The first-order valence-electron chi connectivity index (χ1n) is 10.3. The summed E-state index contributed by atoms with van der Waals surface area (Å²) in [6.45, 7) is 1.31. The molecule has 178 valence electrons. The normalized spacial score (nSPS) is 16.0. The van der Waals surface area contributed by atoms with E-state index >= 15 is 0 Å². The second-order valence-electron chi connectivity index (χ2n) is 7.75. The Balaban J connectivity index is 1.57. The van der Waals surface area contributed by atoms with E-state index in [1.807, 2.05) is 6.92 Å². The average molecular weight is 491 g/mol. The van der Waals surface area contributed by atoms with Crippen molar-refractivity contribution in [2.24, 2.45) is 0 Å². The van der Waals surface area contributed by atoms with Crippen molar-refractivity contribution < 1.29 is 35.3 Å². The van der Waals surface area contributed by atoms with Crippen molar-refractivity contribution in [1.29, 1.82) is 0 Å². The van der Waals surface area contributed by atoms with Crippen LogP contribution in [-0.2, 0) is 20.5 Å². The van der Waals surface area contributed by atoms with E-state index in [4.69, 9.17) is 8.92 Å². The minimum Gasteiger partial charge on any atom is -0.484 e. The fourth-order valence-electron chi connectivity index (χ4n) is 3.50. The zero-order chi connectivity index (χ0) is 24.5. The number of carbonyl (C=O) groups excluding carboxylic acids is 1. The van der Waals surface area contributed by atoms with Crippen LogP contribution in [0.4, 0.5) is 18.9 Å². The molecule has 3 aromatic rings. The van der Waals surface area contributed by atoms with Crippen LogP contribution in [0.15, 0.2) is 77.7 Å². The minimum atomic E-state index is -4.60. The number of benzene rings is 3. The Morgan fingerprint density at radius 3 is 2.47 bits per heavy atom. The van der Waals surface area contributed by atoms with Gasteiger partial charge in [-0.05, 0) is 49.4 Å². The van der Waals surface area contributed by atoms with Gasteiger partial charge in [-0.15, -0.1) is 0 Å². The molecule has 0 fully saturated rings. The predicted octanol–water partition coefficient (Wildman–Crippen LogP) is 4.83. The number of para-hydroxylation sites is 2. The van der Waals surface area contributed by atoms with E-state index in [0.29, 0.717) is 5.69 Å². The molecule has 1 atom stereocenters. The Morgan fingerprint density at radius 2 is 1.76 bits per heavy atom. The van der Waals surface area contributed by atoms with Crippen molar-refractivity contribution in [2.45, 2.75) is 24.1 Å². The number of halogens is 3. The molecule has 1 aliphatic heterocycles. The zero-order valence-electron chi connectivity index (χ0n) is 18.0. The number of hydrogen-bond acceptors (Lipinski definition) is 5. The van der Waals surface area contributed by atoms with E-state index in [2.05, 4.69) is 0 Å². The second-order valence-corrected chi connectivity index (χ2v) is 9.37. The average Bonchev–Trinajstić information content (AvgIpc) is 2.81. The van der Waals surface area contributed by atoms with E-state index in [1.165, 1.54) is 23.1 Å². The molecule has 1 aliphatic rings. The third-order valence-corrected chi connectivity index (χ3v) is 6.53. The maximum Gasteiger partial charge on any atom is 0.416 e. The van der Waals surface area contributed by atoms with E-state index in [0.717, 1.165) is 23.8 Å². The minimum absolute atomic E-state index is 0.0220. The standard InChI is InChI=1S/C24H20F3NO5S/c1-16-9-11-20(12-10-16)34(30,31)32-15-19-14-28(21-7-2-3-8-22(21)33-19)23(29)17-5-4-6-18(13-17)24(25,26)27/h2-13,19H,14-15H2,1H3. The maximum absolute atomic E-state index is 13.2. The van der Waals surface area contributed by atoms with E-state index < -0.39 is 40.5 Å². The molecule has 1 heterocycles. The van der Waals surface area contributed by atoms with Crippen molar-refractivity contribution in [3.63, 3.8) is 0 Å². The summed E-state index contributed by atoms with van der Waals surface area (Å²) >= 11 is 0. The molecular formula is C24H20F3NO5S. The van der Waals surface area contributed by atoms with Crippen molar-refractivity contribution in [3.05, 3.63) is 89.5 Å². The Morgan fingerprint density at radius 1 is 1.06 bits per heavy atom. The third-order valence-electron chi connectivity index (χ3n) is 5.24. The Hall–Kier alpha value is -3.37. The summed E-state index contributed by atoms with van der Waals surface area (Å²) in [5.74, 6) is -0.386. The van der Waals surface area contributed by atoms with Gasteiger partial charge in [-0.1, -0.05) is 35.9 Å². The van der Waals surface area contributed by atoms with Crippen LogP contribution in [0.3, 0.4) is 0 Å². The van der Waals surface area contributed by atoms with Crippen LogP contribution in [0, 0.1) is 6.92 Å². The molecule has 34 heavy (non-hydrogen) atoms. The van der Waals surface area contributed by atoms with Crippen molar-refractivity contribution in [1.82, 2.24) is 0 Å². The number of hydrogen-bond donors (Lipinski definition) is 0. The number of nitrogens with zero attached hydrogens (tertiary/aromatic N) is 1. The van der Waals surface area contributed by atoms with Crippen molar-refractivity contribution in [2.75, 3.05) is 18.1 Å². The number of carbonyl (C=O) groups is 1. The fourth-order valence-corrected chi connectivity index (χ4v) is 4.44. The van der Waals surface area contributed by atoms with Crippen LogP contribution in [0.5, 0.6) is 5.75 Å². The van der Waals surface area contributed by atoms with Gasteiger partial charge in [0.15, 0.2) is 0 Å². The molecule has 0 saturated carbocycles. The highest BCUT2D eigenvalue weighted by Gasteiger charge is 2.34. The first-order chi connectivity index (χ1) is 16.0. The van der Waals surface area contributed by atoms with Gasteiger partial charge in [0.05, 0.1) is 22.7 Å². The highest BCUT2D eigenvalue weighted by atomic mass is 32.2. The lowest BCUT2D eigenvalue weighted by atomic mass is 10.1. The lowest BCUT2D eigenvalue weighted by Crippen LogP contribution is -2.45. The highest BCUT2D eigenvalue weighted by molar-refractivity contribution is 7.86. The van der Waals surface area contributed by atoms with Gasteiger partial charge >= 0.3 is 6.18 Å². The summed E-state index contributed by atoms with van der Waals surface area (Å²) in [6.07, 6.45) is -5.47. The molecule has 1 unspecified atom stereocenters. The van der Waals surface area contributed by atoms with Gasteiger partial charge in [-0.3, -0.25) is 8.98 Å². The first-order valence-corrected chi connectivity index (χ1v) is 11.7. The van der Waals surface area contributed by atoms with Crippen molar-refractivity contribution >= 4 is 21.7 Å².